The average molecular weight is 535 g/mol. The number of nitrogens with one attached hydrogen (secondary N) is 1. The third kappa shape index (κ3) is 4.25. The van der Waals surface area contributed by atoms with E-state index in [9.17, 15) is 4.79 Å². The highest BCUT2D eigenvalue weighted by Gasteiger charge is 2.47. The molecule has 6 rings (SSSR count). The zero-order chi connectivity index (χ0) is 26.3. The number of aliphatic imine (C=N–C) groups is 1. The van der Waals surface area contributed by atoms with Crippen LogP contribution in [0.4, 0.5) is 10.1 Å². The van der Waals surface area contributed by atoms with Gasteiger partial charge in [-0.05, 0) is 42.7 Å². The molecule has 1 atom stereocenters. The van der Waals surface area contributed by atoms with E-state index < -0.39 is 16.6 Å². The fourth-order valence-corrected chi connectivity index (χ4v) is 6.00. The predicted octanol–water partition coefficient (Wildman–Crippen LogP) is 3.88. The van der Waals surface area contributed by atoms with E-state index in [4.69, 9.17) is 19.9 Å². The van der Waals surface area contributed by atoms with Crippen LogP contribution in [0.5, 0.6) is 17.4 Å². The number of nitrogens with two attached hydrogens (primary N) is 1. The van der Waals surface area contributed by atoms with Crippen molar-refractivity contribution in [2.24, 2.45) is 10.7 Å². The van der Waals surface area contributed by atoms with E-state index in [0.29, 0.717) is 59.9 Å². The molecule has 0 bridgehead atoms. The Hall–Kier alpha value is -4.03. The first kappa shape index (κ1) is 24.3. The molecule has 1 aromatic carbocycles. The van der Waals surface area contributed by atoms with Gasteiger partial charge in [-0.3, -0.25) is 9.79 Å². The topological polar surface area (TPSA) is 134 Å². The number of benzene rings is 1. The van der Waals surface area contributed by atoms with Crippen LogP contribution in [0.25, 0.3) is 5.57 Å². The van der Waals surface area contributed by atoms with E-state index in [2.05, 4.69) is 25.3 Å². The maximum atomic E-state index is 15.5. The van der Waals surface area contributed by atoms with Crippen LogP contribution in [0.1, 0.15) is 40.2 Å². The molecule has 38 heavy (non-hydrogen) atoms. The van der Waals surface area contributed by atoms with Gasteiger partial charge in [0, 0.05) is 23.4 Å². The Morgan fingerprint density at radius 1 is 1.24 bits per heavy atom. The Kier molecular flexibility index (Phi) is 6.20. The number of carbonyl (C=O) groups is 1. The summed E-state index contributed by atoms with van der Waals surface area (Å²) >= 11 is 1.34. The number of ether oxygens (including phenoxy) is 3. The van der Waals surface area contributed by atoms with Crippen molar-refractivity contribution in [1.29, 1.82) is 0 Å². The lowest BCUT2D eigenvalue weighted by molar-refractivity contribution is 0.102. The van der Waals surface area contributed by atoms with Crippen molar-refractivity contribution >= 4 is 34.1 Å². The third-order valence-electron chi connectivity index (χ3n) is 6.57. The largest absolute Gasteiger partial charge is 0.480 e. The molecule has 0 unspecified atom stereocenters. The molecule has 1 amide bonds. The van der Waals surface area contributed by atoms with Crippen LogP contribution in [-0.4, -0.2) is 52.9 Å². The molecule has 0 aliphatic carbocycles. The summed E-state index contributed by atoms with van der Waals surface area (Å²) in [5.41, 5.74) is 9.55. The average Bonchev–Trinajstić information content (AvgIpc) is 2.94. The minimum atomic E-state index is -0.802. The first-order valence-electron chi connectivity index (χ1n) is 11.9. The number of aromatic nitrogens is 3. The number of amidine groups is 1. The normalized spacial score (nSPS) is 19.9. The van der Waals surface area contributed by atoms with Crippen molar-refractivity contribution in [2.45, 2.75) is 17.6 Å². The Morgan fingerprint density at radius 2 is 2.13 bits per heavy atom. The minimum absolute atomic E-state index is 0.0612. The van der Waals surface area contributed by atoms with Crippen molar-refractivity contribution in [3.8, 4) is 17.4 Å². The molecule has 10 nitrogen and oxygen atoms in total. The van der Waals surface area contributed by atoms with E-state index in [-0.39, 0.29) is 11.4 Å². The Morgan fingerprint density at radius 3 is 2.87 bits per heavy atom. The molecule has 3 aliphatic heterocycles. The van der Waals surface area contributed by atoms with Crippen molar-refractivity contribution in [2.75, 3.05) is 32.2 Å². The molecule has 3 aliphatic rings. The van der Waals surface area contributed by atoms with Crippen LogP contribution < -0.4 is 20.5 Å². The Balaban J connectivity index is 1.42. The number of anilines is 1. The van der Waals surface area contributed by atoms with Gasteiger partial charge in [-0.25, -0.2) is 15.0 Å². The number of thioether (sulfide) groups is 1. The summed E-state index contributed by atoms with van der Waals surface area (Å²) in [5, 5.41) is 3.24. The number of nitrogens with zero attached hydrogens (tertiary/aromatic N) is 4. The van der Waals surface area contributed by atoms with Gasteiger partial charge in [0.1, 0.15) is 11.4 Å². The number of methoxy groups -OCH3 is 1. The molecule has 2 aromatic heterocycles. The highest BCUT2D eigenvalue weighted by atomic mass is 32.2. The van der Waals surface area contributed by atoms with Crippen molar-refractivity contribution in [3.05, 3.63) is 71.2 Å². The van der Waals surface area contributed by atoms with Gasteiger partial charge in [0.15, 0.2) is 10.9 Å². The van der Waals surface area contributed by atoms with E-state index >= 15 is 4.39 Å². The SMILES string of the molecule is COc1cnc(C(=O)Nc2ccc3c(c2)[C@@]2(CCN=C(N)S2)c2cc(C4=CCCOC4)nc(F)c2O3)cn1. The number of fused-ring (bicyclic) bond motifs is 4. The fraction of sp³-hybridized carbons (Fsp3) is 0.269. The van der Waals surface area contributed by atoms with Crippen LogP contribution in [0.2, 0.25) is 0 Å². The van der Waals surface area contributed by atoms with Gasteiger partial charge in [-0.2, -0.15) is 4.39 Å². The number of amides is 1. The second-order valence-corrected chi connectivity index (χ2v) is 10.2. The molecule has 1 spiro atoms. The van der Waals surface area contributed by atoms with Crippen LogP contribution in [0, 0.1) is 5.95 Å². The number of carbonyl (C=O) groups excluding carboxylic acids is 1. The first-order chi connectivity index (χ1) is 18.5. The molecular weight excluding hydrogens is 511 g/mol. The quantitative estimate of drug-likeness (QED) is 0.478. The molecule has 12 heteroatoms. The summed E-state index contributed by atoms with van der Waals surface area (Å²) < 4.78 is 31.3. The van der Waals surface area contributed by atoms with Gasteiger partial charge >= 0.3 is 0 Å². The van der Waals surface area contributed by atoms with Crippen molar-refractivity contribution in [3.63, 3.8) is 0 Å². The van der Waals surface area contributed by atoms with Crippen LogP contribution in [0.3, 0.4) is 0 Å². The molecular formula is C26H23FN6O4S. The zero-order valence-electron chi connectivity index (χ0n) is 20.4. The van der Waals surface area contributed by atoms with Gasteiger partial charge in [0.05, 0.1) is 43.2 Å². The molecule has 0 fully saturated rings. The highest BCUT2D eigenvalue weighted by molar-refractivity contribution is 8.14. The lowest BCUT2D eigenvalue weighted by Crippen LogP contribution is -2.35. The lowest BCUT2D eigenvalue weighted by atomic mass is 9.83. The number of rotatable bonds is 4. The van der Waals surface area contributed by atoms with E-state index in [1.54, 1.807) is 12.1 Å². The summed E-state index contributed by atoms with van der Waals surface area (Å²) in [5.74, 6) is -0.323. The van der Waals surface area contributed by atoms with Gasteiger partial charge in [-0.15, -0.1) is 0 Å². The number of halogens is 1. The van der Waals surface area contributed by atoms with E-state index in [1.807, 2.05) is 18.2 Å². The molecule has 3 aromatic rings. The summed E-state index contributed by atoms with van der Waals surface area (Å²) in [6.07, 6.45) is 6.00. The molecule has 194 valence electrons. The Bertz CT molecular complexity index is 1500. The highest BCUT2D eigenvalue weighted by Crippen LogP contribution is 2.58. The summed E-state index contributed by atoms with van der Waals surface area (Å²) in [6.45, 7) is 1.43. The van der Waals surface area contributed by atoms with Crippen molar-refractivity contribution in [1.82, 2.24) is 15.0 Å². The molecule has 5 heterocycles. The lowest BCUT2D eigenvalue weighted by Gasteiger charge is -2.41. The smallest absolute Gasteiger partial charge is 0.275 e. The maximum absolute atomic E-state index is 15.5. The summed E-state index contributed by atoms with van der Waals surface area (Å²) in [6, 6.07) is 7.05. The van der Waals surface area contributed by atoms with E-state index in [0.717, 1.165) is 17.6 Å². The molecule has 0 radical (unpaired) electrons. The molecule has 3 N–H and O–H groups in total. The maximum Gasteiger partial charge on any atom is 0.275 e. The Labute approximate surface area is 221 Å². The molecule has 0 saturated heterocycles. The van der Waals surface area contributed by atoms with Gasteiger partial charge in [0.25, 0.3) is 11.9 Å². The zero-order valence-corrected chi connectivity index (χ0v) is 21.2. The summed E-state index contributed by atoms with van der Waals surface area (Å²) in [4.78, 5) is 29.5. The number of hydrogen-bond acceptors (Lipinski definition) is 10. The second kappa shape index (κ2) is 9.69. The van der Waals surface area contributed by atoms with Crippen LogP contribution >= 0.6 is 11.8 Å². The van der Waals surface area contributed by atoms with Gasteiger partial charge < -0.3 is 25.3 Å². The second-order valence-electron chi connectivity index (χ2n) is 8.86. The fourth-order valence-electron chi connectivity index (χ4n) is 4.77. The third-order valence-corrected chi connectivity index (χ3v) is 7.90. The van der Waals surface area contributed by atoms with Crippen LogP contribution in [-0.2, 0) is 9.48 Å². The monoisotopic (exact) mass is 534 g/mol. The minimum Gasteiger partial charge on any atom is -0.480 e. The number of hydrogen-bond donors (Lipinski definition) is 2. The van der Waals surface area contributed by atoms with Crippen LogP contribution in [0.15, 0.2) is 47.7 Å². The summed E-state index contributed by atoms with van der Waals surface area (Å²) in [7, 11) is 1.47. The number of pyridine rings is 1. The molecule has 0 saturated carbocycles. The van der Waals surface area contributed by atoms with Gasteiger partial charge in [0.2, 0.25) is 5.88 Å². The van der Waals surface area contributed by atoms with E-state index in [1.165, 1.54) is 31.3 Å². The standard InChI is InChI=1S/C26H23FN6O4S/c1-35-21-12-30-19(11-31-21)24(34)32-15-4-5-20-16(9-15)26(6-7-29-25(28)38-26)17-10-18(14-3-2-8-36-13-14)33-23(27)22(17)37-20/h3-5,9-12H,2,6-8,13H2,1H3,(H2,28,29)(H,32,34)/t26-/m0/s1. The first-order valence-corrected chi connectivity index (χ1v) is 12.8. The predicted molar refractivity (Wildman–Crippen MR) is 140 cm³/mol. The van der Waals surface area contributed by atoms with Gasteiger partial charge in [-0.1, -0.05) is 17.8 Å². The van der Waals surface area contributed by atoms with Crippen molar-refractivity contribution < 1.29 is 23.4 Å².